The lowest BCUT2D eigenvalue weighted by atomic mass is 9.99. The molecule has 0 amide bonds. The Hall–Kier alpha value is -4.12. The van der Waals surface area contributed by atoms with E-state index in [-0.39, 0.29) is 5.82 Å². The fourth-order valence-corrected chi connectivity index (χ4v) is 3.31. The Morgan fingerprint density at radius 2 is 1.61 bits per heavy atom. The molecule has 0 saturated carbocycles. The average molecular weight is 414 g/mol. The highest BCUT2D eigenvalue weighted by Crippen LogP contribution is 2.40. The minimum Gasteiger partial charge on any atom is -0.497 e. The Morgan fingerprint density at radius 3 is 2.29 bits per heavy atom. The monoisotopic (exact) mass is 414 g/mol. The lowest BCUT2D eigenvalue weighted by Gasteiger charge is -2.15. The minimum atomic E-state index is -1.00. The number of ether oxygens (including phenoxy) is 2. The fraction of sp³-hybridized carbons (Fsp3) is 0.0385. The number of halogens is 1. The summed E-state index contributed by atoms with van der Waals surface area (Å²) in [7, 11) is 1.62. The molecular weight excluding hydrogens is 395 g/mol. The van der Waals surface area contributed by atoms with Crippen molar-refractivity contribution in [3.63, 3.8) is 0 Å². The molecule has 0 heterocycles. The van der Waals surface area contributed by atoms with E-state index in [1.54, 1.807) is 43.5 Å². The molecule has 1 N–H and O–H groups in total. The number of carbonyl (C=O) groups is 1. The molecule has 5 heteroatoms. The van der Waals surface area contributed by atoms with Crippen LogP contribution in [0, 0.1) is 5.82 Å². The zero-order valence-electron chi connectivity index (χ0n) is 16.7. The van der Waals surface area contributed by atoms with E-state index in [9.17, 15) is 9.18 Å². The van der Waals surface area contributed by atoms with Gasteiger partial charge < -0.3 is 14.6 Å². The van der Waals surface area contributed by atoms with Gasteiger partial charge in [-0.05, 0) is 71.1 Å². The maximum absolute atomic E-state index is 13.4. The molecule has 0 radical (unpaired) electrons. The summed E-state index contributed by atoms with van der Waals surface area (Å²) < 4.78 is 25.1. The van der Waals surface area contributed by atoms with E-state index in [2.05, 4.69) is 0 Å². The summed E-state index contributed by atoms with van der Waals surface area (Å²) in [5, 5.41) is 10.6. The quantitative estimate of drug-likeness (QED) is 0.364. The highest BCUT2D eigenvalue weighted by atomic mass is 19.1. The van der Waals surface area contributed by atoms with Gasteiger partial charge in [-0.2, -0.15) is 0 Å². The molecule has 0 aromatic heterocycles. The van der Waals surface area contributed by atoms with E-state index in [0.29, 0.717) is 11.5 Å². The van der Waals surface area contributed by atoms with Crippen LogP contribution in [0.25, 0.3) is 28.0 Å². The van der Waals surface area contributed by atoms with Crippen LogP contribution in [0.2, 0.25) is 0 Å². The van der Waals surface area contributed by atoms with Crippen molar-refractivity contribution in [2.24, 2.45) is 0 Å². The predicted molar refractivity (Wildman–Crippen MR) is 119 cm³/mol. The molecule has 4 aromatic rings. The maximum atomic E-state index is 13.4. The highest BCUT2D eigenvalue weighted by Gasteiger charge is 2.13. The van der Waals surface area contributed by atoms with Gasteiger partial charge in [-0.15, -0.1) is 0 Å². The molecule has 4 nitrogen and oxygen atoms in total. The molecule has 0 aliphatic heterocycles. The van der Waals surface area contributed by atoms with Gasteiger partial charge in [-0.3, -0.25) is 0 Å². The maximum Gasteiger partial charge on any atom is 0.328 e. The van der Waals surface area contributed by atoms with Gasteiger partial charge in [0.05, 0.1) is 7.11 Å². The van der Waals surface area contributed by atoms with Gasteiger partial charge in [0.2, 0.25) is 0 Å². The molecule has 4 rings (SSSR count). The van der Waals surface area contributed by atoms with Crippen molar-refractivity contribution < 1.29 is 23.8 Å². The van der Waals surface area contributed by atoms with Crippen LogP contribution in [-0.2, 0) is 4.79 Å². The van der Waals surface area contributed by atoms with E-state index in [1.165, 1.54) is 18.2 Å². The number of carboxylic acid groups (broad SMARTS) is 1. The second kappa shape index (κ2) is 8.71. The van der Waals surface area contributed by atoms with Crippen LogP contribution in [0.3, 0.4) is 0 Å². The van der Waals surface area contributed by atoms with Crippen molar-refractivity contribution in [2.45, 2.75) is 0 Å². The van der Waals surface area contributed by atoms with Crippen molar-refractivity contribution in [1.82, 2.24) is 0 Å². The number of methoxy groups -OCH3 is 1. The van der Waals surface area contributed by atoms with Crippen molar-refractivity contribution in [2.75, 3.05) is 7.11 Å². The van der Waals surface area contributed by atoms with Crippen molar-refractivity contribution in [1.29, 1.82) is 0 Å². The van der Waals surface area contributed by atoms with E-state index in [1.807, 2.05) is 30.3 Å². The number of hydrogen-bond acceptors (Lipinski definition) is 3. The molecule has 0 saturated heterocycles. The summed E-state index contributed by atoms with van der Waals surface area (Å²) in [5.74, 6) is 0.666. The van der Waals surface area contributed by atoms with Gasteiger partial charge in [0.1, 0.15) is 23.1 Å². The first kappa shape index (κ1) is 20.2. The van der Waals surface area contributed by atoms with Crippen molar-refractivity contribution in [3.05, 3.63) is 96.3 Å². The second-order valence-electron chi connectivity index (χ2n) is 6.88. The molecule has 154 valence electrons. The van der Waals surface area contributed by atoms with Crippen LogP contribution in [0.1, 0.15) is 5.56 Å². The Morgan fingerprint density at radius 1 is 0.903 bits per heavy atom. The Labute approximate surface area is 178 Å². The van der Waals surface area contributed by atoms with Crippen LogP contribution in [0.4, 0.5) is 4.39 Å². The lowest BCUT2D eigenvalue weighted by Crippen LogP contribution is -1.92. The Bertz CT molecular complexity index is 1260. The number of rotatable bonds is 6. The van der Waals surface area contributed by atoms with Gasteiger partial charge in [-0.25, -0.2) is 9.18 Å². The van der Waals surface area contributed by atoms with Crippen LogP contribution < -0.4 is 9.47 Å². The van der Waals surface area contributed by atoms with Gasteiger partial charge in [0.15, 0.2) is 0 Å². The van der Waals surface area contributed by atoms with E-state index in [0.717, 1.165) is 39.3 Å². The summed E-state index contributed by atoms with van der Waals surface area (Å²) in [6, 6.07) is 23.0. The standard InChI is InChI=1S/C26H19FO4/c1-30-22-12-14-24-19(16-22)7-13-23(18-5-8-20(27)9-6-18)26(24)31-21-10-2-17(3-11-21)4-15-25(28)29/h2-16H,1H3,(H,28,29). The molecule has 0 bridgehead atoms. The van der Waals surface area contributed by atoms with Crippen LogP contribution in [-0.4, -0.2) is 18.2 Å². The minimum absolute atomic E-state index is 0.304. The number of hydrogen-bond donors (Lipinski definition) is 1. The lowest BCUT2D eigenvalue weighted by molar-refractivity contribution is -0.131. The number of aliphatic carboxylic acids is 1. The van der Waals surface area contributed by atoms with Crippen LogP contribution in [0.5, 0.6) is 17.2 Å². The molecule has 0 fully saturated rings. The first-order valence-corrected chi connectivity index (χ1v) is 9.59. The molecule has 4 aromatic carbocycles. The van der Waals surface area contributed by atoms with E-state index >= 15 is 0 Å². The molecular formula is C26H19FO4. The SMILES string of the molecule is COc1ccc2c(Oc3ccc(C=CC(=O)O)cc3)c(-c3ccc(F)cc3)ccc2c1. The summed E-state index contributed by atoms with van der Waals surface area (Å²) in [6.07, 6.45) is 2.60. The van der Waals surface area contributed by atoms with Gasteiger partial charge in [-0.1, -0.05) is 30.3 Å². The number of carboxylic acids is 1. The topological polar surface area (TPSA) is 55.8 Å². The summed E-state index contributed by atoms with van der Waals surface area (Å²) in [4.78, 5) is 10.7. The largest absolute Gasteiger partial charge is 0.497 e. The van der Waals surface area contributed by atoms with E-state index in [4.69, 9.17) is 14.6 Å². The first-order chi connectivity index (χ1) is 15.0. The van der Waals surface area contributed by atoms with E-state index < -0.39 is 5.97 Å². The third-order valence-electron chi connectivity index (χ3n) is 4.85. The smallest absolute Gasteiger partial charge is 0.328 e. The summed E-state index contributed by atoms with van der Waals surface area (Å²) in [6.45, 7) is 0. The predicted octanol–water partition coefficient (Wildman–Crippen LogP) is 6.54. The zero-order valence-corrected chi connectivity index (χ0v) is 16.7. The van der Waals surface area contributed by atoms with Gasteiger partial charge in [0.25, 0.3) is 0 Å². The molecule has 0 aliphatic carbocycles. The number of fused-ring (bicyclic) bond motifs is 1. The Balaban J connectivity index is 1.79. The normalized spacial score (nSPS) is 11.0. The zero-order chi connectivity index (χ0) is 21.8. The molecule has 31 heavy (non-hydrogen) atoms. The van der Waals surface area contributed by atoms with Crippen molar-refractivity contribution >= 4 is 22.8 Å². The summed E-state index contributed by atoms with van der Waals surface area (Å²) in [5.41, 5.74) is 2.40. The molecule has 0 aliphatic rings. The molecule has 0 spiro atoms. The second-order valence-corrected chi connectivity index (χ2v) is 6.88. The van der Waals surface area contributed by atoms with Crippen LogP contribution >= 0.6 is 0 Å². The highest BCUT2D eigenvalue weighted by molar-refractivity contribution is 5.96. The van der Waals surface area contributed by atoms with Gasteiger partial charge in [0, 0.05) is 17.0 Å². The molecule has 0 unspecified atom stereocenters. The van der Waals surface area contributed by atoms with Gasteiger partial charge >= 0.3 is 5.97 Å². The Kier molecular flexibility index (Phi) is 5.67. The third kappa shape index (κ3) is 4.56. The number of benzene rings is 4. The average Bonchev–Trinajstić information content (AvgIpc) is 2.79. The summed E-state index contributed by atoms with van der Waals surface area (Å²) >= 11 is 0. The third-order valence-corrected chi connectivity index (χ3v) is 4.85. The van der Waals surface area contributed by atoms with Crippen molar-refractivity contribution in [3.8, 4) is 28.4 Å². The van der Waals surface area contributed by atoms with Crippen LogP contribution in [0.15, 0.2) is 84.9 Å². The first-order valence-electron chi connectivity index (χ1n) is 9.59. The molecule has 0 atom stereocenters. The fourth-order valence-electron chi connectivity index (χ4n) is 3.31.